The molecular weight excluding hydrogens is 230 g/mol. The summed E-state index contributed by atoms with van der Waals surface area (Å²) >= 11 is 0. The second-order valence-electron chi connectivity index (χ2n) is 4.14. The lowest BCUT2D eigenvalue weighted by Gasteiger charge is -2.14. The molecule has 0 atom stereocenters. The number of anilines is 1. The van der Waals surface area contributed by atoms with Gasteiger partial charge < -0.3 is 15.4 Å². The lowest BCUT2D eigenvalue weighted by molar-refractivity contribution is 0.0824. The van der Waals surface area contributed by atoms with Crippen LogP contribution in [0, 0.1) is 0 Å². The van der Waals surface area contributed by atoms with Crippen molar-refractivity contribution in [1.29, 1.82) is 0 Å². The molecule has 1 heterocycles. The minimum atomic E-state index is -0.180. The number of carbonyl (C=O) groups excluding carboxylic acids is 1. The molecule has 5 nitrogen and oxygen atoms in total. The van der Waals surface area contributed by atoms with Crippen molar-refractivity contribution in [1.82, 2.24) is 9.88 Å². The number of hydrogen-bond acceptors (Lipinski definition) is 4. The highest BCUT2D eigenvalue weighted by atomic mass is 16.5. The number of amides is 1. The van der Waals surface area contributed by atoms with E-state index in [0.29, 0.717) is 22.5 Å². The maximum Gasteiger partial charge on any atom is 0.272 e. The number of fused-ring (bicyclic) bond motifs is 1. The highest BCUT2D eigenvalue weighted by Crippen LogP contribution is 2.31. The topological polar surface area (TPSA) is 68.5 Å². The van der Waals surface area contributed by atoms with Crippen LogP contribution >= 0.6 is 0 Å². The number of carbonyl (C=O) groups is 1. The van der Waals surface area contributed by atoms with E-state index in [0.717, 1.165) is 5.39 Å². The molecule has 1 amide bonds. The van der Waals surface area contributed by atoms with Crippen molar-refractivity contribution in [3.63, 3.8) is 0 Å². The van der Waals surface area contributed by atoms with E-state index >= 15 is 0 Å². The van der Waals surface area contributed by atoms with Gasteiger partial charge in [0.2, 0.25) is 0 Å². The number of methoxy groups -OCH3 is 1. The largest absolute Gasteiger partial charge is 0.496 e. The van der Waals surface area contributed by atoms with Crippen LogP contribution in [0.3, 0.4) is 0 Å². The second kappa shape index (κ2) is 4.52. The quantitative estimate of drug-likeness (QED) is 0.815. The first-order valence-corrected chi connectivity index (χ1v) is 5.49. The van der Waals surface area contributed by atoms with Crippen molar-refractivity contribution in [2.45, 2.75) is 0 Å². The van der Waals surface area contributed by atoms with E-state index < -0.39 is 0 Å². The number of nitrogen functional groups attached to an aromatic ring is 1. The van der Waals surface area contributed by atoms with Crippen molar-refractivity contribution in [2.75, 3.05) is 26.9 Å². The first-order chi connectivity index (χ1) is 8.56. The molecule has 2 rings (SSSR count). The summed E-state index contributed by atoms with van der Waals surface area (Å²) in [5.74, 6) is 0.495. The molecule has 0 radical (unpaired) electrons. The van der Waals surface area contributed by atoms with Crippen LogP contribution in [0.4, 0.5) is 5.69 Å². The third kappa shape index (κ3) is 1.84. The third-order valence-electron chi connectivity index (χ3n) is 2.75. The van der Waals surface area contributed by atoms with Gasteiger partial charge in [0.05, 0.1) is 7.11 Å². The SMILES string of the molecule is COc1ccc(N)c2c(C(=O)N(C)C)nccc12. The number of pyridine rings is 1. The predicted octanol–water partition coefficient (Wildman–Crippen LogP) is 1.53. The minimum absolute atomic E-state index is 0.180. The van der Waals surface area contributed by atoms with Gasteiger partial charge in [-0.15, -0.1) is 0 Å². The van der Waals surface area contributed by atoms with Crippen molar-refractivity contribution in [3.8, 4) is 5.75 Å². The monoisotopic (exact) mass is 245 g/mol. The first-order valence-electron chi connectivity index (χ1n) is 5.49. The molecule has 2 N–H and O–H groups in total. The standard InChI is InChI=1S/C13H15N3O2/c1-16(2)13(17)12-11-8(6-7-15-12)10(18-3)5-4-9(11)14/h4-7H,14H2,1-3H3. The fourth-order valence-corrected chi connectivity index (χ4v) is 1.85. The van der Waals surface area contributed by atoms with Crippen LogP contribution < -0.4 is 10.5 Å². The Balaban J connectivity index is 2.80. The van der Waals surface area contributed by atoms with Gasteiger partial charge >= 0.3 is 0 Å². The molecule has 0 spiro atoms. The van der Waals surface area contributed by atoms with Gasteiger partial charge in [0.1, 0.15) is 11.4 Å². The number of benzene rings is 1. The molecule has 2 aromatic rings. The van der Waals surface area contributed by atoms with Crippen LogP contribution in [0.2, 0.25) is 0 Å². The molecule has 1 aromatic carbocycles. The maximum absolute atomic E-state index is 12.1. The number of hydrogen-bond donors (Lipinski definition) is 1. The zero-order valence-corrected chi connectivity index (χ0v) is 10.6. The molecule has 0 unspecified atom stereocenters. The smallest absolute Gasteiger partial charge is 0.272 e. The van der Waals surface area contributed by atoms with Gasteiger partial charge in [-0.05, 0) is 18.2 Å². The Kier molecular flexibility index (Phi) is 3.06. The van der Waals surface area contributed by atoms with Crippen LogP contribution in [0.25, 0.3) is 10.8 Å². The summed E-state index contributed by atoms with van der Waals surface area (Å²) in [5.41, 5.74) is 6.81. The van der Waals surface area contributed by atoms with E-state index in [1.54, 1.807) is 45.6 Å². The molecule has 0 aliphatic heterocycles. The zero-order valence-electron chi connectivity index (χ0n) is 10.6. The lowest BCUT2D eigenvalue weighted by Crippen LogP contribution is -2.23. The van der Waals surface area contributed by atoms with Crippen molar-refractivity contribution >= 4 is 22.4 Å². The molecule has 0 fully saturated rings. The van der Waals surface area contributed by atoms with Gasteiger partial charge in [-0.2, -0.15) is 0 Å². The van der Waals surface area contributed by atoms with E-state index in [9.17, 15) is 4.79 Å². The van der Waals surface area contributed by atoms with Crippen molar-refractivity contribution in [3.05, 3.63) is 30.1 Å². The van der Waals surface area contributed by atoms with E-state index in [4.69, 9.17) is 10.5 Å². The normalized spacial score (nSPS) is 10.4. The van der Waals surface area contributed by atoms with Crippen LogP contribution in [0.1, 0.15) is 10.5 Å². The number of aromatic nitrogens is 1. The van der Waals surface area contributed by atoms with Gasteiger partial charge in [0, 0.05) is 36.8 Å². The molecule has 5 heteroatoms. The average Bonchev–Trinajstić information content (AvgIpc) is 2.37. The van der Waals surface area contributed by atoms with Gasteiger partial charge in [0.25, 0.3) is 5.91 Å². The molecule has 1 aromatic heterocycles. The summed E-state index contributed by atoms with van der Waals surface area (Å²) in [4.78, 5) is 17.7. The van der Waals surface area contributed by atoms with E-state index in [1.807, 2.05) is 0 Å². The molecule has 0 bridgehead atoms. The van der Waals surface area contributed by atoms with Crippen LogP contribution in [0.15, 0.2) is 24.4 Å². The lowest BCUT2D eigenvalue weighted by atomic mass is 10.1. The molecule has 0 aliphatic rings. The fourth-order valence-electron chi connectivity index (χ4n) is 1.85. The van der Waals surface area contributed by atoms with Crippen LogP contribution in [0.5, 0.6) is 5.75 Å². The third-order valence-corrected chi connectivity index (χ3v) is 2.75. The van der Waals surface area contributed by atoms with Gasteiger partial charge in [-0.25, -0.2) is 0 Å². The highest BCUT2D eigenvalue weighted by molar-refractivity contribution is 6.11. The van der Waals surface area contributed by atoms with E-state index in [1.165, 1.54) is 4.90 Å². The zero-order chi connectivity index (χ0) is 13.3. The number of nitrogens with zero attached hydrogens (tertiary/aromatic N) is 2. The Morgan fingerprint density at radius 1 is 1.33 bits per heavy atom. The summed E-state index contributed by atoms with van der Waals surface area (Å²) < 4.78 is 5.27. The highest BCUT2D eigenvalue weighted by Gasteiger charge is 2.17. The Morgan fingerprint density at radius 2 is 2.06 bits per heavy atom. The molecule has 0 aliphatic carbocycles. The van der Waals surface area contributed by atoms with Crippen LogP contribution in [-0.2, 0) is 0 Å². The number of rotatable bonds is 2. The Labute approximate surface area is 105 Å². The van der Waals surface area contributed by atoms with Crippen molar-refractivity contribution < 1.29 is 9.53 Å². The van der Waals surface area contributed by atoms with E-state index in [2.05, 4.69) is 4.98 Å². The summed E-state index contributed by atoms with van der Waals surface area (Å²) in [5, 5.41) is 1.42. The average molecular weight is 245 g/mol. The molecule has 0 saturated carbocycles. The number of ether oxygens (including phenoxy) is 1. The maximum atomic E-state index is 12.1. The van der Waals surface area contributed by atoms with E-state index in [-0.39, 0.29) is 5.91 Å². The minimum Gasteiger partial charge on any atom is -0.496 e. The Hall–Kier alpha value is -2.30. The predicted molar refractivity (Wildman–Crippen MR) is 70.7 cm³/mol. The molecule has 94 valence electrons. The summed E-state index contributed by atoms with van der Waals surface area (Å²) in [6.07, 6.45) is 1.58. The van der Waals surface area contributed by atoms with Gasteiger partial charge in [-0.3, -0.25) is 9.78 Å². The summed E-state index contributed by atoms with van der Waals surface area (Å²) in [6, 6.07) is 5.29. The second-order valence-corrected chi connectivity index (χ2v) is 4.14. The van der Waals surface area contributed by atoms with Crippen LogP contribution in [-0.4, -0.2) is 37.0 Å². The van der Waals surface area contributed by atoms with Gasteiger partial charge in [0.15, 0.2) is 0 Å². The Morgan fingerprint density at radius 3 is 2.67 bits per heavy atom. The van der Waals surface area contributed by atoms with Crippen molar-refractivity contribution in [2.24, 2.45) is 0 Å². The molecular formula is C13H15N3O2. The number of nitrogens with two attached hydrogens (primary N) is 1. The summed E-state index contributed by atoms with van der Waals surface area (Å²) in [6.45, 7) is 0. The fraction of sp³-hybridized carbons (Fsp3) is 0.231. The first kappa shape index (κ1) is 12.2. The molecule has 18 heavy (non-hydrogen) atoms. The Bertz CT molecular complexity index is 608. The van der Waals surface area contributed by atoms with Gasteiger partial charge in [-0.1, -0.05) is 0 Å². The molecule has 0 saturated heterocycles. The summed E-state index contributed by atoms with van der Waals surface area (Å²) in [7, 11) is 4.94.